The normalized spacial score (nSPS) is 18.8. The maximum atomic E-state index is 12.4. The van der Waals surface area contributed by atoms with E-state index < -0.39 is 10.8 Å². The highest BCUT2D eigenvalue weighted by molar-refractivity contribution is 6.00. The number of ether oxygens (including phenoxy) is 1. The zero-order valence-corrected chi connectivity index (χ0v) is 83.7. The summed E-state index contributed by atoms with van der Waals surface area (Å²) in [5.41, 5.74) is 2.30. The van der Waals surface area contributed by atoms with Crippen molar-refractivity contribution in [3.63, 3.8) is 0 Å². The first-order valence-electron chi connectivity index (χ1n) is 45.8. The summed E-state index contributed by atoms with van der Waals surface area (Å²) in [4.78, 5) is 114. The summed E-state index contributed by atoms with van der Waals surface area (Å²) >= 11 is 0. The van der Waals surface area contributed by atoms with Gasteiger partial charge < -0.3 is 34.8 Å². The third kappa shape index (κ3) is 50.7. The molecule has 5 aliphatic rings. The molecule has 690 valence electrons. The molecule has 0 spiro atoms. The molecule has 0 unspecified atom stereocenters. The molecule has 1 aromatic rings. The molecule has 119 heavy (non-hydrogen) atoms. The number of Topliss-reactive ketones (excluding diaryl/α,β-unsaturated/α-hetero) is 3. The SMILES string of the molecule is CC(C)(C)C(=O)OCc1ccc(C(C)(C)C)cc1.CC(C)(C)CCN1CCC(C(=O)C(C)(C)C)CC1.CC(C)(C)CCN1CCN(C(=O)/C=C/C(=O)C(C)(C)C)CC1.CC(C)(C)CCN1CCN(C(=O)CCC(=O)C(C)(C)C)CC1.CC(C)(C)CCN1CCN(CCNC(=O)C(C)(C)C)CC1.CC(C)(C)CCN1C[C@@H](O)C[C@H]1C(=O)C(C)(C)C. The van der Waals surface area contributed by atoms with E-state index in [4.69, 9.17) is 4.74 Å². The van der Waals surface area contributed by atoms with E-state index in [1.807, 2.05) is 147 Å². The number of esters is 1. The van der Waals surface area contributed by atoms with Crippen molar-refractivity contribution in [2.24, 2.45) is 65.5 Å². The molecule has 2 N–H and O–H groups in total. The number of nitrogens with zero attached hydrogens (tertiary/aromatic N) is 8. The Morgan fingerprint density at radius 1 is 0.403 bits per heavy atom. The first kappa shape index (κ1) is 112. The van der Waals surface area contributed by atoms with Crippen LogP contribution < -0.4 is 5.32 Å². The zero-order valence-electron chi connectivity index (χ0n) is 83.7. The van der Waals surface area contributed by atoms with Crippen molar-refractivity contribution in [3.05, 3.63) is 47.5 Å². The number of likely N-dealkylation sites (tertiary alicyclic amines) is 2. The van der Waals surface area contributed by atoms with Gasteiger partial charge in [-0.3, -0.25) is 58.0 Å². The molecule has 19 heteroatoms. The molecule has 5 aliphatic heterocycles. The molecule has 6 rings (SSSR count). The number of allylic oxidation sites excluding steroid dienone is 1. The highest BCUT2D eigenvalue weighted by Crippen LogP contribution is 2.33. The lowest BCUT2D eigenvalue weighted by molar-refractivity contribution is -0.154. The van der Waals surface area contributed by atoms with Crippen molar-refractivity contribution in [2.45, 2.75) is 338 Å². The van der Waals surface area contributed by atoms with Crippen molar-refractivity contribution in [3.8, 4) is 0 Å². The van der Waals surface area contributed by atoms with Crippen molar-refractivity contribution >= 4 is 46.8 Å². The molecule has 5 heterocycles. The van der Waals surface area contributed by atoms with Crippen LogP contribution >= 0.6 is 0 Å². The van der Waals surface area contributed by atoms with Gasteiger partial charge in [0, 0.05) is 150 Å². The number of carbonyl (C=O) groups excluding carboxylic acids is 8. The molecule has 0 aromatic heterocycles. The Hall–Kier alpha value is -4.76. The predicted octanol–water partition coefficient (Wildman–Crippen LogP) is 18.2. The van der Waals surface area contributed by atoms with Crippen LogP contribution in [0.3, 0.4) is 0 Å². The van der Waals surface area contributed by atoms with E-state index in [-0.39, 0.29) is 85.7 Å². The summed E-state index contributed by atoms with van der Waals surface area (Å²) in [5.74, 6) is 1.24. The number of hydrogen-bond acceptors (Lipinski definition) is 16. The van der Waals surface area contributed by atoms with Crippen LogP contribution in [0.1, 0.15) is 325 Å². The third-order valence-electron chi connectivity index (χ3n) is 22.6. The number of aliphatic hydroxyl groups excluding tert-OH is 1. The number of β-amino-alcohol motifs (C(OH)–C–C–N with tert-alkyl or cyclic N) is 1. The van der Waals surface area contributed by atoms with E-state index in [0.29, 0.717) is 65.8 Å². The number of benzene rings is 1. The van der Waals surface area contributed by atoms with Gasteiger partial charge in [-0.2, -0.15) is 0 Å². The zero-order chi connectivity index (χ0) is 92.1. The smallest absolute Gasteiger partial charge is 0.311 e. The highest BCUT2D eigenvalue weighted by atomic mass is 16.5. The minimum absolute atomic E-state index is 0.00957. The Morgan fingerprint density at radius 3 is 1.13 bits per heavy atom. The number of piperazine rings is 3. The first-order chi connectivity index (χ1) is 53.8. The van der Waals surface area contributed by atoms with Gasteiger partial charge in [0.15, 0.2) is 11.6 Å². The van der Waals surface area contributed by atoms with Gasteiger partial charge in [0.05, 0.1) is 17.6 Å². The summed E-state index contributed by atoms with van der Waals surface area (Å²) in [7, 11) is 0. The summed E-state index contributed by atoms with van der Waals surface area (Å²) in [6.07, 6.45) is 11.8. The van der Waals surface area contributed by atoms with Crippen LogP contribution in [0.2, 0.25) is 0 Å². The minimum atomic E-state index is -0.439. The average molecular weight is 1670 g/mol. The topological polar surface area (TPSA) is 204 Å². The van der Waals surface area contributed by atoms with Gasteiger partial charge in [-0.1, -0.05) is 253 Å². The van der Waals surface area contributed by atoms with E-state index >= 15 is 0 Å². The second-order valence-electron chi connectivity index (χ2n) is 48.3. The highest BCUT2D eigenvalue weighted by Gasteiger charge is 2.41. The molecule has 1 aromatic carbocycles. The number of piperidine rings is 1. The van der Waals surface area contributed by atoms with E-state index in [1.54, 1.807) is 0 Å². The van der Waals surface area contributed by atoms with E-state index in [2.05, 4.69) is 171 Å². The van der Waals surface area contributed by atoms with Crippen molar-refractivity contribution in [1.82, 2.24) is 44.5 Å². The number of carbonyl (C=O) groups is 8. The van der Waals surface area contributed by atoms with Crippen molar-refractivity contribution in [2.75, 3.05) is 144 Å². The Kier molecular flexibility index (Phi) is 45.9. The lowest BCUT2D eigenvalue weighted by Crippen LogP contribution is -2.49. The fourth-order valence-electron chi connectivity index (χ4n) is 13.3. The van der Waals surface area contributed by atoms with Gasteiger partial charge in [-0.15, -0.1) is 0 Å². The fraction of sp³-hybridized carbons (Fsp3) is 0.840. The van der Waals surface area contributed by atoms with Gasteiger partial charge in [0.2, 0.25) is 17.7 Å². The molecule has 0 bridgehead atoms. The van der Waals surface area contributed by atoms with Crippen LogP contribution in [-0.2, 0) is 55.1 Å². The molecule has 5 fully saturated rings. The summed E-state index contributed by atoms with van der Waals surface area (Å²) < 4.78 is 5.28. The maximum absolute atomic E-state index is 12.4. The number of ketones is 4. The Bertz CT molecular complexity index is 3210. The van der Waals surface area contributed by atoms with Gasteiger partial charge in [0.1, 0.15) is 18.2 Å². The Morgan fingerprint density at radius 2 is 0.773 bits per heavy atom. The predicted molar refractivity (Wildman–Crippen MR) is 498 cm³/mol. The number of hydrogen-bond donors (Lipinski definition) is 2. The van der Waals surface area contributed by atoms with Gasteiger partial charge >= 0.3 is 5.97 Å². The van der Waals surface area contributed by atoms with Crippen molar-refractivity contribution in [1.29, 1.82) is 0 Å². The molecule has 5 saturated heterocycles. The van der Waals surface area contributed by atoms with Crippen LogP contribution in [0.4, 0.5) is 0 Å². The first-order valence-corrected chi connectivity index (χ1v) is 45.8. The standard InChI is InChI=1S/C18H34N2O2.C18H32N2O2.C17H35N3O.C16H31NO.C16H24O2.C15H29NO2/c2*1-17(2,3)9-10-19-11-13-20(14-12-19)16(22)8-7-15(21)18(4,5)6;1-16(2,3)7-9-19-11-13-20(14-12-19)10-8-18-15(21)17(4,5)6;1-15(2,3)9-12-17-10-7-13(8-11-17)14(18)16(4,5)6;1-15(2,3)13-9-7-12(8-10-13)11-18-14(17)16(4,5)6;1-14(2,3)7-8-16-10-11(17)9-12(16)13(18)15(4,5)6/h7-14H2,1-6H3;7-8H,9-14H2,1-6H3;7-14H2,1-6H3,(H,18,21);13H,7-12H2,1-6H3;7-10H,11H2,1-6H3;11-12,17H,7-10H2,1-6H3/b;8-7+;;;;/t;;;;;11-,12-/m.....0/s1. The van der Waals surface area contributed by atoms with Crippen LogP contribution in [-0.4, -0.2) is 247 Å². The maximum Gasteiger partial charge on any atom is 0.311 e. The molecule has 19 nitrogen and oxygen atoms in total. The average Bonchev–Trinajstić information content (AvgIpc) is 1.68. The minimum Gasteiger partial charge on any atom is -0.460 e. The van der Waals surface area contributed by atoms with E-state index in [1.165, 1.54) is 56.5 Å². The molecule has 0 aliphatic carbocycles. The van der Waals surface area contributed by atoms with Crippen LogP contribution in [0.25, 0.3) is 0 Å². The van der Waals surface area contributed by atoms with Crippen molar-refractivity contribution < 1.29 is 48.2 Å². The fourth-order valence-corrected chi connectivity index (χ4v) is 13.3. The largest absolute Gasteiger partial charge is 0.460 e. The number of rotatable bonds is 22. The van der Waals surface area contributed by atoms with Crippen LogP contribution in [0, 0.1) is 65.5 Å². The quantitative estimate of drug-likeness (QED) is 0.0818. The van der Waals surface area contributed by atoms with Crippen LogP contribution in [0.5, 0.6) is 0 Å². The number of nitrogens with one attached hydrogen (secondary N) is 1. The molecule has 0 saturated carbocycles. The number of aliphatic hydroxyl groups is 1. The van der Waals surface area contributed by atoms with Gasteiger partial charge in [-0.05, 0) is 168 Å². The molecule has 0 radical (unpaired) electrons. The Labute approximate surface area is 730 Å². The second-order valence-corrected chi connectivity index (χ2v) is 48.3. The second kappa shape index (κ2) is 48.7. The molecule has 2 atom stereocenters. The monoisotopic (exact) mass is 1670 g/mol. The molecular formula is C100H185N9O10. The van der Waals surface area contributed by atoms with Crippen LogP contribution in [0.15, 0.2) is 36.4 Å². The number of amides is 3. The third-order valence-corrected chi connectivity index (χ3v) is 22.6. The van der Waals surface area contributed by atoms with E-state index in [9.17, 15) is 43.5 Å². The van der Waals surface area contributed by atoms with Gasteiger partial charge in [0.25, 0.3) is 0 Å². The lowest BCUT2D eigenvalue weighted by atomic mass is 9.79. The van der Waals surface area contributed by atoms with E-state index in [0.717, 1.165) is 149 Å². The molecule has 3 amide bonds. The van der Waals surface area contributed by atoms with Gasteiger partial charge in [-0.25, -0.2) is 0 Å². The lowest BCUT2D eigenvalue weighted by Gasteiger charge is -2.36. The summed E-state index contributed by atoms with van der Waals surface area (Å²) in [5, 5.41) is 12.9. The summed E-state index contributed by atoms with van der Waals surface area (Å²) in [6, 6.07) is 8.15. The Balaban J connectivity index is 0.000000716. The summed E-state index contributed by atoms with van der Waals surface area (Å²) in [6.45, 7) is 97.1. The molecular weight excluding hydrogens is 1490 g/mol.